The number of rotatable bonds is 4. The van der Waals surface area contributed by atoms with Gasteiger partial charge < -0.3 is 4.90 Å². The molecule has 0 amide bonds. The van der Waals surface area contributed by atoms with Gasteiger partial charge in [-0.25, -0.2) is 0 Å². The van der Waals surface area contributed by atoms with E-state index in [9.17, 15) is 0 Å². The maximum Gasteiger partial charge on any atom is 0.0832 e. The maximum atomic E-state index is 5.44. The van der Waals surface area contributed by atoms with Crippen molar-refractivity contribution in [2.45, 2.75) is 13.0 Å². The standard InChI is InChI=1S/C12H13NS3/c1-13(9-11-5-3-7-16-11)12(14)8-10-4-2-6-15-10/h2-7H,8-9H2,1H3. The van der Waals surface area contributed by atoms with Crippen LogP contribution >= 0.6 is 34.9 Å². The van der Waals surface area contributed by atoms with Gasteiger partial charge in [-0.1, -0.05) is 24.4 Å². The molecule has 0 atom stereocenters. The van der Waals surface area contributed by atoms with Crippen molar-refractivity contribution < 1.29 is 0 Å². The van der Waals surface area contributed by atoms with Crippen molar-refractivity contribution in [2.75, 3.05) is 7.05 Å². The van der Waals surface area contributed by atoms with Crippen LogP contribution in [-0.4, -0.2) is 16.9 Å². The molecule has 84 valence electrons. The molecule has 0 spiro atoms. The van der Waals surface area contributed by atoms with E-state index in [0.29, 0.717) is 0 Å². The monoisotopic (exact) mass is 267 g/mol. The molecule has 0 saturated carbocycles. The molecule has 2 aromatic rings. The first-order valence-corrected chi connectivity index (χ1v) is 7.21. The number of hydrogen-bond acceptors (Lipinski definition) is 3. The van der Waals surface area contributed by atoms with Crippen LogP contribution in [0.1, 0.15) is 9.75 Å². The first-order chi connectivity index (χ1) is 7.75. The fraction of sp³-hybridized carbons (Fsp3) is 0.250. The lowest BCUT2D eigenvalue weighted by molar-refractivity contribution is 0.508. The van der Waals surface area contributed by atoms with Gasteiger partial charge in [0.15, 0.2) is 0 Å². The van der Waals surface area contributed by atoms with E-state index in [1.165, 1.54) is 9.75 Å². The van der Waals surface area contributed by atoms with Gasteiger partial charge in [0.1, 0.15) is 0 Å². The first-order valence-electron chi connectivity index (χ1n) is 5.04. The summed E-state index contributed by atoms with van der Waals surface area (Å²) >= 11 is 8.98. The molecule has 0 N–H and O–H groups in total. The van der Waals surface area contributed by atoms with Gasteiger partial charge in [0.05, 0.1) is 11.5 Å². The van der Waals surface area contributed by atoms with Crippen LogP contribution in [0.2, 0.25) is 0 Å². The molecule has 0 aromatic carbocycles. The van der Waals surface area contributed by atoms with Gasteiger partial charge in [0.2, 0.25) is 0 Å². The molecule has 0 aliphatic carbocycles. The third-order valence-corrected chi connectivity index (χ3v) is 4.50. The van der Waals surface area contributed by atoms with Crippen LogP contribution in [0.25, 0.3) is 0 Å². The molecule has 2 rings (SSSR count). The zero-order valence-corrected chi connectivity index (χ0v) is 11.5. The van der Waals surface area contributed by atoms with Gasteiger partial charge >= 0.3 is 0 Å². The Morgan fingerprint density at radius 3 is 2.38 bits per heavy atom. The Morgan fingerprint density at radius 1 is 1.19 bits per heavy atom. The molecule has 0 aliphatic rings. The highest BCUT2D eigenvalue weighted by molar-refractivity contribution is 7.80. The normalized spacial score (nSPS) is 10.3. The quantitative estimate of drug-likeness (QED) is 0.775. The van der Waals surface area contributed by atoms with E-state index in [1.54, 1.807) is 22.7 Å². The predicted molar refractivity (Wildman–Crippen MR) is 76.4 cm³/mol. The minimum atomic E-state index is 0.884. The highest BCUT2D eigenvalue weighted by atomic mass is 32.1. The summed E-state index contributed by atoms with van der Waals surface area (Å²) in [5, 5.41) is 4.20. The Kier molecular flexibility index (Phi) is 4.09. The zero-order valence-electron chi connectivity index (χ0n) is 9.05. The largest absolute Gasteiger partial charge is 0.364 e. The number of nitrogens with zero attached hydrogens (tertiary/aromatic N) is 1. The first kappa shape index (κ1) is 11.8. The molecule has 0 fully saturated rings. The van der Waals surface area contributed by atoms with E-state index < -0.39 is 0 Å². The van der Waals surface area contributed by atoms with Crippen LogP contribution in [0, 0.1) is 0 Å². The van der Waals surface area contributed by atoms with Gasteiger partial charge in [0, 0.05) is 23.2 Å². The van der Waals surface area contributed by atoms with Crippen LogP contribution in [0.5, 0.6) is 0 Å². The van der Waals surface area contributed by atoms with Crippen molar-refractivity contribution in [3.8, 4) is 0 Å². The lowest BCUT2D eigenvalue weighted by atomic mass is 10.3. The molecule has 0 bridgehead atoms. The molecule has 0 saturated heterocycles. The second kappa shape index (κ2) is 5.57. The smallest absolute Gasteiger partial charge is 0.0832 e. The molecule has 2 aromatic heterocycles. The highest BCUT2D eigenvalue weighted by Gasteiger charge is 2.07. The van der Waals surface area contributed by atoms with Gasteiger partial charge in [-0.15, -0.1) is 22.7 Å². The van der Waals surface area contributed by atoms with Gasteiger partial charge in [-0.05, 0) is 22.9 Å². The highest BCUT2D eigenvalue weighted by Crippen LogP contribution is 2.14. The minimum absolute atomic E-state index is 0.884. The Hall–Kier alpha value is -0.710. The van der Waals surface area contributed by atoms with Crippen molar-refractivity contribution in [2.24, 2.45) is 0 Å². The van der Waals surface area contributed by atoms with Crippen molar-refractivity contribution >= 4 is 39.9 Å². The summed E-state index contributed by atoms with van der Waals surface area (Å²) in [5.74, 6) is 0. The second-order valence-corrected chi connectivity index (χ2v) is 6.12. The summed E-state index contributed by atoms with van der Waals surface area (Å²) in [6.45, 7) is 0.919. The lowest BCUT2D eigenvalue weighted by Crippen LogP contribution is -2.25. The predicted octanol–water partition coefficient (Wildman–Crippen LogP) is 3.81. The third-order valence-electron chi connectivity index (χ3n) is 2.30. The minimum Gasteiger partial charge on any atom is -0.364 e. The summed E-state index contributed by atoms with van der Waals surface area (Å²) in [5.41, 5.74) is 0. The number of likely N-dealkylation sites (N-methyl/N-ethyl adjacent to an activating group) is 1. The van der Waals surface area contributed by atoms with E-state index in [4.69, 9.17) is 12.2 Å². The van der Waals surface area contributed by atoms with E-state index in [1.807, 2.05) is 0 Å². The lowest BCUT2D eigenvalue weighted by Gasteiger charge is -2.18. The summed E-state index contributed by atoms with van der Waals surface area (Å²) < 4.78 is 0. The Bertz CT molecular complexity index is 431. The Labute approximate surface area is 109 Å². The fourth-order valence-corrected chi connectivity index (χ4v) is 3.20. The van der Waals surface area contributed by atoms with Crippen LogP contribution in [0.4, 0.5) is 0 Å². The molecule has 1 nitrogen and oxygen atoms in total. The average Bonchev–Trinajstić information content (AvgIpc) is 2.90. The van der Waals surface area contributed by atoms with Crippen molar-refractivity contribution in [3.63, 3.8) is 0 Å². The number of thiophene rings is 2. The van der Waals surface area contributed by atoms with Crippen LogP contribution in [0.15, 0.2) is 35.0 Å². The van der Waals surface area contributed by atoms with Crippen LogP contribution < -0.4 is 0 Å². The average molecular weight is 267 g/mol. The van der Waals surface area contributed by atoms with Gasteiger partial charge in [0.25, 0.3) is 0 Å². The zero-order chi connectivity index (χ0) is 11.4. The van der Waals surface area contributed by atoms with Crippen molar-refractivity contribution in [1.29, 1.82) is 0 Å². The number of thiocarbonyl (C=S) groups is 1. The summed E-state index contributed by atoms with van der Waals surface area (Å²) in [6, 6.07) is 8.43. The molecular formula is C12H13NS3. The third kappa shape index (κ3) is 3.14. The fourth-order valence-electron chi connectivity index (χ4n) is 1.42. The van der Waals surface area contributed by atoms with Crippen LogP contribution in [-0.2, 0) is 13.0 Å². The summed E-state index contributed by atoms with van der Waals surface area (Å²) in [6.07, 6.45) is 0.884. The van der Waals surface area contributed by atoms with Gasteiger partial charge in [-0.3, -0.25) is 0 Å². The Balaban J connectivity index is 1.90. The topological polar surface area (TPSA) is 3.24 Å². The molecule has 0 radical (unpaired) electrons. The van der Waals surface area contributed by atoms with E-state index in [2.05, 4.69) is 47.0 Å². The molecular weight excluding hydrogens is 254 g/mol. The van der Waals surface area contributed by atoms with Gasteiger partial charge in [-0.2, -0.15) is 0 Å². The summed E-state index contributed by atoms with van der Waals surface area (Å²) in [7, 11) is 2.07. The molecule has 16 heavy (non-hydrogen) atoms. The van der Waals surface area contributed by atoms with E-state index in [-0.39, 0.29) is 0 Å². The Morgan fingerprint density at radius 2 is 1.81 bits per heavy atom. The second-order valence-electron chi connectivity index (χ2n) is 3.59. The number of hydrogen-bond donors (Lipinski definition) is 0. The maximum absolute atomic E-state index is 5.44. The SMILES string of the molecule is CN(Cc1cccs1)C(=S)Cc1cccs1. The summed E-state index contributed by atoms with van der Waals surface area (Å²) in [4.78, 5) is 5.86. The molecule has 0 unspecified atom stereocenters. The van der Waals surface area contributed by atoms with Crippen molar-refractivity contribution in [1.82, 2.24) is 4.90 Å². The van der Waals surface area contributed by atoms with E-state index >= 15 is 0 Å². The molecule has 4 heteroatoms. The van der Waals surface area contributed by atoms with E-state index in [0.717, 1.165) is 18.0 Å². The molecule has 2 heterocycles. The van der Waals surface area contributed by atoms with Crippen LogP contribution in [0.3, 0.4) is 0 Å². The van der Waals surface area contributed by atoms with Crippen molar-refractivity contribution in [3.05, 3.63) is 44.8 Å². The molecule has 0 aliphatic heterocycles.